The van der Waals surface area contributed by atoms with Crippen LogP contribution in [0.5, 0.6) is 5.88 Å². The van der Waals surface area contributed by atoms with Gasteiger partial charge in [0.05, 0.1) is 23.0 Å². The zero-order valence-corrected chi connectivity index (χ0v) is 14.3. The second kappa shape index (κ2) is 7.56. The topological polar surface area (TPSA) is 52.0 Å². The summed E-state index contributed by atoms with van der Waals surface area (Å²) in [5.74, 6) is 0.669. The van der Waals surface area contributed by atoms with Crippen LogP contribution in [-0.4, -0.2) is 21.9 Å². The van der Waals surface area contributed by atoms with Crippen molar-refractivity contribution in [2.45, 2.75) is 39.9 Å². The first-order chi connectivity index (χ1) is 10.2. The van der Waals surface area contributed by atoms with Gasteiger partial charge in [-0.1, -0.05) is 13.0 Å². The molecule has 2 aromatic rings. The van der Waals surface area contributed by atoms with Crippen LogP contribution in [0.2, 0.25) is 0 Å². The molecule has 0 aromatic carbocycles. The Morgan fingerprint density at radius 2 is 2.14 bits per heavy atom. The van der Waals surface area contributed by atoms with Crippen LogP contribution in [0.1, 0.15) is 30.8 Å². The van der Waals surface area contributed by atoms with E-state index in [2.05, 4.69) is 45.2 Å². The van der Waals surface area contributed by atoms with Crippen LogP contribution in [0, 0.1) is 0 Å². The van der Waals surface area contributed by atoms with Gasteiger partial charge in [0.2, 0.25) is 5.88 Å². The number of nitrogens with zero attached hydrogens (tertiary/aromatic N) is 3. The number of aromatic nitrogens is 3. The van der Waals surface area contributed by atoms with Gasteiger partial charge in [-0.3, -0.25) is 4.68 Å². The highest BCUT2D eigenvalue weighted by atomic mass is 79.9. The van der Waals surface area contributed by atoms with Gasteiger partial charge in [-0.2, -0.15) is 5.10 Å². The van der Waals surface area contributed by atoms with Crippen molar-refractivity contribution in [3.05, 3.63) is 39.8 Å². The molecule has 0 amide bonds. The minimum atomic E-state index is 0.669. The molecule has 2 heterocycles. The van der Waals surface area contributed by atoms with Crippen LogP contribution >= 0.6 is 15.9 Å². The van der Waals surface area contributed by atoms with Crippen molar-refractivity contribution in [3.63, 3.8) is 0 Å². The average molecular weight is 353 g/mol. The monoisotopic (exact) mass is 352 g/mol. The van der Waals surface area contributed by atoms with Gasteiger partial charge in [0.25, 0.3) is 0 Å². The number of halogens is 1. The van der Waals surface area contributed by atoms with E-state index < -0.39 is 0 Å². The molecule has 0 fully saturated rings. The molecule has 0 atom stereocenters. The van der Waals surface area contributed by atoms with E-state index in [9.17, 15) is 0 Å². The smallest absolute Gasteiger partial charge is 0.217 e. The van der Waals surface area contributed by atoms with Gasteiger partial charge in [-0.25, -0.2) is 4.98 Å². The zero-order chi connectivity index (χ0) is 15.2. The van der Waals surface area contributed by atoms with Crippen LogP contribution < -0.4 is 10.1 Å². The van der Waals surface area contributed by atoms with Gasteiger partial charge in [0, 0.05) is 31.4 Å². The fourth-order valence-electron chi connectivity index (χ4n) is 2.24. The Labute approximate surface area is 133 Å². The number of methoxy groups -OCH3 is 1. The summed E-state index contributed by atoms with van der Waals surface area (Å²) in [6.45, 7) is 6.54. The van der Waals surface area contributed by atoms with E-state index in [1.165, 1.54) is 5.69 Å². The molecule has 1 N–H and O–H groups in total. The first-order valence-corrected chi connectivity index (χ1v) is 7.93. The molecule has 0 aliphatic heterocycles. The summed E-state index contributed by atoms with van der Waals surface area (Å²) >= 11 is 3.66. The Kier molecular flexibility index (Phi) is 5.76. The third kappa shape index (κ3) is 3.63. The Morgan fingerprint density at radius 3 is 2.81 bits per heavy atom. The summed E-state index contributed by atoms with van der Waals surface area (Å²) in [5, 5.41) is 8.03. The number of rotatable bonds is 7. The predicted molar refractivity (Wildman–Crippen MR) is 86.3 cm³/mol. The Morgan fingerprint density at radius 1 is 1.33 bits per heavy atom. The van der Waals surface area contributed by atoms with Crippen molar-refractivity contribution < 1.29 is 4.74 Å². The predicted octanol–water partition coefficient (Wildman–Crippen LogP) is 2.92. The maximum atomic E-state index is 5.26. The molecule has 5 nitrogen and oxygen atoms in total. The molecule has 0 unspecified atom stereocenters. The van der Waals surface area contributed by atoms with Gasteiger partial charge < -0.3 is 10.1 Å². The van der Waals surface area contributed by atoms with Crippen LogP contribution in [0.15, 0.2) is 22.8 Å². The van der Waals surface area contributed by atoms with Crippen molar-refractivity contribution >= 4 is 15.9 Å². The van der Waals surface area contributed by atoms with E-state index in [0.717, 1.165) is 35.2 Å². The molecule has 0 aliphatic rings. The number of pyridine rings is 1. The van der Waals surface area contributed by atoms with E-state index >= 15 is 0 Å². The second-order valence-corrected chi connectivity index (χ2v) is 5.45. The first-order valence-electron chi connectivity index (χ1n) is 7.13. The lowest BCUT2D eigenvalue weighted by molar-refractivity contribution is 0.390. The standard InChI is InChI=1S/C15H21BrN4O/c1-4-12-14(16)13(20(5-2)19-12)10-17-9-11-7-6-8-18-15(11)21-3/h6-8,17H,4-5,9-10H2,1-3H3. The average Bonchev–Trinajstić information content (AvgIpc) is 2.83. The molecule has 0 saturated heterocycles. The molecule has 0 saturated carbocycles. The van der Waals surface area contributed by atoms with E-state index in [4.69, 9.17) is 4.74 Å². The molecule has 0 spiro atoms. The fourth-order valence-corrected chi connectivity index (χ4v) is 2.95. The van der Waals surface area contributed by atoms with Crippen LogP contribution in [0.4, 0.5) is 0 Å². The molecule has 114 valence electrons. The molecule has 2 aromatic heterocycles. The van der Waals surface area contributed by atoms with E-state index in [1.807, 2.05) is 16.8 Å². The molecular weight excluding hydrogens is 332 g/mol. The van der Waals surface area contributed by atoms with Crippen molar-refractivity contribution in [1.29, 1.82) is 0 Å². The SMILES string of the molecule is CCc1nn(CC)c(CNCc2cccnc2OC)c1Br. The minimum Gasteiger partial charge on any atom is -0.481 e. The Hall–Kier alpha value is -1.40. The molecule has 0 radical (unpaired) electrons. The molecule has 2 rings (SSSR count). The van der Waals surface area contributed by atoms with Crippen molar-refractivity contribution in [2.24, 2.45) is 0 Å². The van der Waals surface area contributed by atoms with Crippen LogP contribution in [-0.2, 0) is 26.1 Å². The lowest BCUT2D eigenvalue weighted by atomic mass is 10.2. The summed E-state index contributed by atoms with van der Waals surface area (Å²) in [5.41, 5.74) is 3.33. The number of hydrogen-bond donors (Lipinski definition) is 1. The normalized spacial score (nSPS) is 10.9. The second-order valence-electron chi connectivity index (χ2n) is 4.65. The Balaban J connectivity index is 2.05. The lowest BCUT2D eigenvalue weighted by Gasteiger charge is -2.09. The molecule has 0 aliphatic carbocycles. The van der Waals surface area contributed by atoms with Gasteiger partial charge >= 0.3 is 0 Å². The summed E-state index contributed by atoms with van der Waals surface area (Å²) in [4.78, 5) is 4.20. The fraction of sp³-hybridized carbons (Fsp3) is 0.467. The van der Waals surface area contributed by atoms with Crippen LogP contribution in [0.25, 0.3) is 0 Å². The maximum absolute atomic E-state index is 5.26. The lowest BCUT2D eigenvalue weighted by Crippen LogP contribution is -2.17. The number of nitrogens with one attached hydrogen (secondary N) is 1. The number of ether oxygens (including phenoxy) is 1. The van der Waals surface area contributed by atoms with E-state index in [-0.39, 0.29) is 0 Å². The maximum Gasteiger partial charge on any atom is 0.217 e. The van der Waals surface area contributed by atoms with E-state index in [0.29, 0.717) is 12.4 Å². The molecule has 6 heteroatoms. The van der Waals surface area contributed by atoms with Crippen LogP contribution in [0.3, 0.4) is 0 Å². The van der Waals surface area contributed by atoms with Gasteiger partial charge in [-0.15, -0.1) is 0 Å². The van der Waals surface area contributed by atoms with Gasteiger partial charge in [0.1, 0.15) is 0 Å². The summed E-state index contributed by atoms with van der Waals surface area (Å²) in [7, 11) is 1.64. The molecular formula is C15H21BrN4O. The Bertz CT molecular complexity index is 597. The van der Waals surface area contributed by atoms with Crippen molar-refractivity contribution in [3.8, 4) is 5.88 Å². The zero-order valence-electron chi connectivity index (χ0n) is 12.7. The minimum absolute atomic E-state index is 0.669. The third-order valence-electron chi connectivity index (χ3n) is 3.35. The number of aryl methyl sites for hydroxylation is 2. The third-order valence-corrected chi connectivity index (χ3v) is 4.26. The van der Waals surface area contributed by atoms with Gasteiger partial charge in [0.15, 0.2) is 0 Å². The van der Waals surface area contributed by atoms with Gasteiger partial charge in [-0.05, 0) is 35.3 Å². The highest BCUT2D eigenvalue weighted by Gasteiger charge is 2.13. The summed E-state index contributed by atoms with van der Waals surface area (Å²) < 4.78 is 8.41. The number of hydrogen-bond acceptors (Lipinski definition) is 4. The molecule has 21 heavy (non-hydrogen) atoms. The summed E-state index contributed by atoms with van der Waals surface area (Å²) in [6, 6.07) is 3.93. The first kappa shape index (κ1) is 16.0. The quantitative estimate of drug-likeness (QED) is 0.832. The highest BCUT2D eigenvalue weighted by Crippen LogP contribution is 2.22. The largest absolute Gasteiger partial charge is 0.481 e. The highest BCUT2D eigenvalue weighted by molar-refractivity contribution is 9.10. The summed E-state index contributed by atoms with van der Waals surface area (Å²) in [6.07, 6.45) is 2.66. The van der Waals surface area contributed by atoms with Crippen molar-refractivity contribution in [2.75, 3.05) is 7.11 Å². The van der Waals surface area contributed by atoms with Crippen molar-refractivity contribution in [1.82, 2.24) is 20.1 Å². The molecule has 0 bridgehead atoms. The van der Waals surface area contributed by atoms with E-state index in [1.54, 1.807) is 13.3 Å².